The first kappa shape index (κ1) is 33.5. The zero-order valence-electron chi connectivity index (χ0n) is 26.7. The number of hydrogen-bond donors (Lipinski definition) is 2. The number of esters is 1. The molecule has 45 heavy (non-hydrogen) atoms. The summed E-state index contributed by atoms with van der Waals surface area (Å²) in [4.78, 5) is 41.6. The van der Waals surface area contributed by atoms with E-state index < -0.39 is 10.0 Å². The molecule has 3 aliphatic rings. The van der Waals surface area contributed by atoms with Crippen LogP contribution >= 0.6 is 0 Å². The fourth-order valence-corrected chi connectivity index (χ4v) is 8.21. The molecule has 2 N–H and O–H groups in total. The molecular formula is C31H47N7O6S. The standard InChI is InChI=1S/C31H47N7O6S/c1-4-8-26-28-29(35(3)38(26)44-5-2)31(40)34-30(33-28)23-10-13-25(14-11-23)45(41,42)37-18-7-6-9-24(37)12-15-27(39)43-22-21-36-19-16-32-17-20-36/h10-11,13-14,24,26,32H,4-9,12,15-22H2,1-3H3,(H,33,34,40). The van der Waals surface area contributed by atoms with E-state index in [1.807, 2.05) is 6.92 Å². The Balaban J connectivity index is 1.25. The molecule has 14 heteroatoms. The Hall–Kier alpha value is -2.88. The Morgan fingerprint density at radius 2 is 1.82 bits per heavy atom. The van der Waals surface area contributed by atoms with Crippen molar-refractivity contribution in [3.63, 3.8) is 0 Å². The summed E-state index contributed by atoms with van der Waals surface area (Å²) in [6, 6.07) is 6.03. The summed E-state index contributed by atoms with van der Waals surface area (Å²) in [7, 11) is -2.01. The van der Waals surface area contributed by atoms with E-state index in [1.54, 1.807) is 45.8 Å². The number of H-pyrrole nitrogens is 1. The van der Waals surface area contributed by atoms with Gasteiger partial charge in [0.2, 0.25) is 10.0 Å². The van der Waals surface area contributed by atoms with E-state index in [2.05, 4.69) is 22.1 Å². The van der Waals surface area contributed by atoms with Gasteiger partial charge in [-0.15, -0.1) is 0 Å². The number of rotatable bonds is 13. The maximum absolute atomic E-state index is 13.8. The number of anilines is 1. The van der Waals surface area contributed by atoms with E-state index in [-0.39, 0.29) is 34.9 Å². The molecule has 2 saturated heterocycles. The number of hydroxylamine groups is 1. The third-order valence-electron chi connectivity index (χ3n) is 8.82. The highest BCUT2D eigenvalue weighted by atomic mass is 32.2. The molecule has 0 bridgehead atoms. The Morgan fingerprint density at radius 1 is 1.07 bits per heavy atom. The quantitative estimate of drug-likeness (QED) is 0.311. The van der Waals surface area contributed by atoms with Crippen molar-refractivity contribution >= 4 is 21.7 Å². The summed E-state index contributed by atoms with van der Waals surface area (Å²) >= 11 is 0. The molecule has 4 heterocycles. The fraction of sp³-hybridized carbons (Fsp3) is 0.645. The zero-order chi connectivity index (χ0) is 32.0. The van der Waals surface area contributed by atoms with Gasteiger partial charge in [-0.3, -0.25) is 24.3 Å². The lowest BCUT2D eigenvalue weighted by molar-refractivity contribution is -0.184. The van der Waals surface area contributed by atoms with E-state index >= 15 is 0 Å². The predicted octanol–water partition coefficient (Wildman–Crippen LogP) is 2.67. The number of aromatic amines is 1. The number of nitrogens with zero attached hydrogens (tertiary/aromatic N) is 5. The van der Waals surface area contributed by atoms with E-state index in [4.69, 9.17) is 14.6 Å². The predicted molar refractivity (Wildman–Crippen MR) is 171 cm³/mol. The van der Waals surface area contributed by atoms with Crippen LogP contribution in [0.25, 0.3) is 11.4 Å². The second kappa shape index (κ2) is 15.1. The minimum absolute atomic E-state index is 0.173. The van der Waals surface area contributed by atoms with Gasteiger partial charge in [0.25, 0.3) is 5.56 Å². The number of fused-ring (bicyclic) bond motifs is 1. The van der Waals surface area contributed by atoms with Gasteiger partial charge in [-0.1, -0.05) is 24.9 Å². The molecule has 1 aromatic carbocycles. The Labute approximate surface area is 265 Å². The Kier molecular flexibility index (Phi) is 11.3. The van der Waals surface area contributed by atoms with E-state index in [9.17, 15) is 18.0 Å². The summed E-state index contributed by atoms with van der Waals surface area (Å²) in [6.45, 7) is 9.68. The topological polar surface area (TPSA) is 140 Å². The number of ether oxygens (including phenoxy) is 1. The lowest BCUT2D eigenvalue weighted by atomic mass is 10.0. The second-order valence-electron chi connectivity index (χ2n) is 11.8. The second-order valence-corrected chi connectivity index (χ2v) is 13.7. The number of piperidine rings is 1. The van der Waals surface area contributed by atoms with E-state index in [1.165, 1.54) is 0 Å². The van der Waals surface area contributed by atoms with Crippen molar-refractivity contribution in [3.8, 4) is 11.4 Å². The number of aromatic nitrogens is 2. The molecule has 1 aromatic heterocycles. The van der Waals surface area contributed by atoms with Crippen molar-refractivity contribution in [2.75, 3.05) is 64.5 Å². The largest absolute Gasteiger partial charge is 0.464 e. The molecule has 2 aromatic rings. The van der Waals surface area contributed by atoms with Crippen LogP contribution in [-0.4, -0.2) is 104 Å². The molecule has 0 radical (unpaired) electrons. The van der Waals surface area contributed by atoms with Gasteiger partial charge in [0.1, 0.15) is 24.2 Å². The fourth-order valence-electron chi connectivity index (χ4n) is 6.49. The number of benzene rings is 1. The highest BCUT2D eigenvalue weighted by Gasteiger charge is 2.39. The highest BCUT2D eigenvalue weighted by Crippen LogP contribution is 2.39. The molecule has 2 unspecified atom stereocenters. The van der Waals surface area contributed by atoms with Crippen LogP contribution in [0.4, 0.5) is 5.69 Å². The smallest absolute Gasteiger partial charge is 0.305 e. The number of carbonyl (C=O) groups is 1. The highest BCUT2D eigenvalue weighted by molar-refractivity contribution is 7.89. The van der Waals surface area contributed by atoms with Crippen LogP contribution in [0.5, 0.6) is 0 Å². The number of hydrogen-bond acceptors (Lipinski definition) is 11. The third-order valence-corrected chi connectivity index (χ3v) is 10.8. The van der Waals surface area contributed by atoms with Crippen LogP contribution < -0.4 is 15.9 Å². The van der Waals surface area contributed by atoms with E-state index in [0.717, 1.165) is 51.9 Å². The third kappa shape index (κ3) is 7.58. The molecule has 0 saturated carbocycles. The lowest BCUT2D eigenvalue weighted by Crippen LogP contribution is -2.45. The average Bonchev–Trinajstić information content (AvgIpc) is 3.31. The Morgan fingerprint density at radius 3 is 2.53 bits per heavy atom. The van der Waals surface area contributed by atoms with Gasteiger partial charge in [0, 0.05) is 64.3 Å². The van der Waals surface area contributed by atoms with Crippen LogP contribution in [0, 0.1) is 0 Å². The minimum Gasteiger partial charge on any atom is -0.464 e. The first-order valence-electron chi connectivity index (χ1n) is 16.3. The van der Waals surface area contributed by atoms with Crippen molar-refractivity contribution in [1.82, 2.24) is 29.7 Å². The minimum atomic E-state index is -3.80. The van der Waals surface area contributed by atoms with Crippen molar-refractivity contribution in [2.45, 2.75) is 75.8 Å². The molecular weight excluding hydrogens is 598 g/mol. The summed E-state index contributed by atoms with van der Waals surface area (Å²) in [5.41, 5.74) is 1.42. The Bertz CT molecular complexity index is 1460. The molecule has 0 amide bonds. The number of piperazine rings is 1. The molecule has 0 aliphatic carbocycles. The van der Waals surface area contributed by atoms with Crippen molar-refractivity contribution in [2.24, 2.45) is 0 Å². The monoisotopic (exact) mass is 645 g/mol. The SMILES string of the molecule is CCCC1c2nc(-c3ccc(S(=O)(=O)N4CCCCC4CCC(=O)OCCN4CCNCC4)cc3)[nH]c(=O)c2N(C)N1OCC. The molecule has 2 fully saturated rings. The van der Waals surface area contributed by atoms with Gasteiger partial charge in [-0.05, 0) is 56.9 Å². The van der Waals surface area contributed by atoms with Gasteiger partial charge < -0.3 is 15.0 Å². The molecule has 2 atom stereocenters. The van der Waals surface area contributed by atoms with Gasteiger partial charge in [-0.25, -0.2) is 13.4 Å². The van der Waals surface area contributed by atoms with Gasteiger partial charge in [0.05, 0.1) is 17.2 Å². The molecule has 0 spiro atoms. The van der Waals surface area contributed by atoms with Crippen LogP contribution in [0.2, 0.25) is 0 Å². The number of sulfonamides is 1. The van der Waals surface area contributed by atoms with Gasteiger partial charge in [0.15, 0.2) is 0 Å². The van der Waals surface area contributed by atoms with Crippen molar-refractivity contribution < 1.29 is 22.8 Å². The van der Waals surface area contributed by atoms with Crippen LogP contribution in [0.1, 0.15) is 70.5 Å². The van der Waals surface area contributed by atoms with Crippen LogP contribution in [0.3, 0.4) is 0 Å². The normalized spacial score (nSPS) is 21.6. The molecule has 248 valence electrons. The summed E-state index contributed by atoms with van der Waals surface area (Å²) < 4.78 is 34.6. The summed E-state index contributed by atoms with van der Waals surface area (Å²) in [6.07, 6.45) is 4.65. The molecule has 5 rings (SSSR count). The summed E-state index contributed by atoms with van der Waals surface area (Å²) in [5, 5.41) is 6.71. The maximum atomic E-state index is 13.8. The zero-order valence-corrected chi connectivity index (χ0v) is 27.5. The van der Waals surface area contributed by atoms with Crippen molar-refractivity contribution in [1.29, 1.82) is 0 Å². The molecule has 3 aliphatic heterocycles. The van der Waals surface area contributed by atoms with Crippen LogP contribution in [-0.2, 0) is 24.4 Å². The van der Waals surface area contributed by atoms with Crippen molar-refractivity contribution in [3.05, 3.63) is 40.3 Å². The van der Waals surface area contributed by atoms with Gasteiger partial charge in [-0.2, -0.15) is 4.31 Å². The number of nitrogens with one attached hydrogen (secondary N) is 2. The lowest BCUT2D eigenvalue weighted by Gasteiger charge is -2.34. The van der Waals surface area contributed by atoms with E-state index in [0.29, 0.717) is 61.9 Å². The average molecular weight is 646 g/mol. The van der Waals surface area contributed by atoms with Crippen LogP contribution in [0.15, 0.2) is 34.0 Å². The first-order chi connectivity index (χ1) is 21.7. The number of hydrazine groups is 1. The number of carbonyl (C=O) groups excluding carboxylic acids is 1. The first-order valence-corrected chi connectivity index (χ1v) is 17.7. The molecule has 13 nitrogen and oxygen atoms in total. The maximum Gasteiger partial charge on any atom is 0.305 e. The summed E-state index contributed by atoms with van der Waals surface area (Å²) in [5.74, 6) is 0.0897. The van der Waals surface area contributed by atoms with Gasteiger partial charge >= 0.3 is 5.97 Å².